The Labute approximate surface area is 690 Å². The van der Waals surface area contributed by atoms with Gasteiger partial charge in [0.25, 0.3) is 16.0 Å². The highest BCUT2D eigenvalue weighted by Crippen LogP contribution is 2.47. The van der Waals surface area contributed by atoms with Gasteiger partial charge in [-0.2, -0.15) is 25.3 Å². The number of esters is 1. The summed E-state index contributed by atoms with van der Waals surface area (Å²) in [5.41, 5.74) is -4.56. The number of likely N-dealkylation sites (tertiary alicyclic amines) is 2. The first-order valence-corrected chi connectivity index (χ1v) is 43.9. The van der Waals surface area contributed by atoms with Gasteiger partial charge < -0.3 is 64.6 Å². The van der Waals surface area contributed by atoms with Gasteiger partial charge in [-0.25, -0.2) is 24.2 Å². The first-order chi connectivity index (χ1) is 55.1. The lowest BCUT2D eigenvalue weighted by Gasteiger charge is -2.35. The summed E-state index contributed by atoms with van der Waals surface area (Å²) in [6.45, 7) is 17.9. The molecule has 0 spiro atoms. The topological polar surface area (TPSA) is 435 Å². The molecule has 8 aliphatic rings. The fourth-order valence-corrected chi connectivity index (χ4v) is 17.5. The van der Waals surface area contributed by atoms with Crippen LogP contribution in [-0.4, -0.2) is 194 Å². The van der Waals surface area contributed by atoms with Crippen molar-refractivity contribution in [2.75, 3.05) is 34.4 Å². The Morgan fingerprint density at radius 2 is 1.02 bits per heavy atom. The molecule has 2 saturated heterocycles. The van der Waals surface area contributed by atoms with E-state index in [1.165, 1.54) is 35.1 Å². The SMILES string of the molecule is C=C[C@@H]1C[C@]1(NC(=O)[C@@H]1C[C@@H](Oc2cccc3cc(OC)ccc23)CN1C(=O)[C@@H](NC(=O)OC1CCCC1)C(C)(C)C)C(=O)NS(=O)(=O)OC1CC1.C=C[C@@H]1C[C@]1(NC(=O)[C@@H]1C[C@H](OS(=O)(=O)c2ccc(Br)cc2)CN1C(=O)[C@@H](NC(=O)OC1CCCC1)C(C)(C)C)C(=O)OC.COc1ccc2c(O)cccc2c1.NS(=O)(=O)OC1CC1. The van der Waals surface area contributed by atoms with Gasteiger partial charge in [0, 0.05) is 46.5 Å². The van der Waals surface area contributed by atoms with Crippen LogP contribution in [0.25, 0.3) is 21.5 Å². The number of hydrogen-bond donors (Lipinski definition) is 7. The zero-order valence-electron chi connectivity index (χ0n) is 66.9. The van der Waals surface area contributed by atoms with E-state index in [4.69, 9.17) is 36.8 Å². The molecule has 638 valence electrons. The number of hydrogen-bond acceptors (Lipinski definition) is 24. The smallest absolute Gasteiger partial charge is 0.408 e. The number of benzene rings is 5. The van der Waals surface area contributed by atoms with Crippen molar-refractivity contribution >= 4 is 116 Å². The molecule has 6 aliphatic carbocycles. The molecule has 10 atom stereocenters. The number of phenolic OH excluding ortho intramolecular Hbond substituents is 1. The fourth-order valence-electron chi connectivity index (χ4n) is 14.6. The highest BCUT2D eigenvalue weighted by atomic mass is 79.9. The summed E-state index contributed by atoms with van der Waals surface area (Å²) < 4.78 is 122. The number of fused-ring (bicyclic) bond motifs is 2. The van der Waals surface area contributed by atoms with E-state index in [1.807, 2.05) is 65.4 Å². The molecule has 2 heterocycles. The van der Waals surface area contributed by atoms with Crippen LogP contribution < -0.4 is 45.3 Å². The highest BCUT2D eigenvalue weighted by molar-refractivity contribution is 9.10. The van der Waals surface area contributed by atoms with Gasteiger partial charge in [0.15, 0.2) is 0 Å². The maximum absolute atomic E-state index is 14.5. The molecule has 117 heavy (non-hydrogen) atoms. The lowest BCUT2D eigenvalue weighted by Crippen LogP contribution is -2.60. The number of rotatable bonds is 26. The Kier molecular flexibility index (Phi) is 28.8. The first-order valence-electron chi connectivity index (χ1n) is 38.8. The molecule has 6 saturated carbocycles. The minimum atomic E-state index is -4.41. The maximum atomic E-state index is 14.5. The van der Waals surface area contributed by atoms with E-state index in [9.17, 15) is 68.7 Å². The number of nitrogens with two attached hydrogens (primary N) is 1. The number of nitrogens with one attached hydrogen (secondary N) is 5. The van der Waals surface area contributed by atoms with E-state index < -0.39 is 149 Å². The molecule has 7 amide bonds. The second kappa shape index (κ2) is 37.4. The molecule has 8 fully saturated rings. The van der Waals surface area contributed by atoms with E-state index in [0.29, 0.717) is 34.6 Å². The van der Waals surface area contributed by atoms with Crippen LogP contribution in [0, 0.1) is 22.7 Å². The summed E-state index contributed by atoms with van der Waals surface area (Å²) in [5, 5.41) is 28.5. The number of nitrogens with zero attached hydrogens (tertiary/aromatic N) is 2. The Bertz CT molecular complexity index is 4870. The summed E-state index contributed by atoms with van der Waals surface area (Å²) in [6, 6.07) is 23.4. The van der Waals surface area contributed by atoms with Crippen molar-refractivity contribution in [2.45, 2.75) is 221 Å². The number of halogens is 1. The molecule has 0 bridgehead atoms. The van der Waals surface area contributed by atoms with Gasteiger partial charge in [-0.1, -0.05) is 93.9 Å². The molecule has 0 aromatic heterocycles. The predicted octanol–water partition coefficient (Wildman–Crippen LogP) is 9.25. The van der Waals surface area contributed by atoms with Crippen LogP contribution in [0.15, 0.2) is 132 Å². The van der Waals surface area contributed by atoms with Crippen molar-refractivity contribution in [3.63, 3.8) is 0 Å². The average molecular weight is 1750 g/mol. The third kappa shape index (κ3) is 23.6. The number of methoxy groups -OCH3 is 3. The summed E-state index contributed by atoms with van der Waals surface area (Å²) >= 11 is 3.27. The van der Waals surface area contributed by atoms with Gasteiger partial charge in [-0.3, -0.25) is 36.5 Å². The number of phenols is 1. The number of aromatic hydroxyl groups is 1. The monoisotopic (exact) mass is 1750 g/mol. The molecule has 0 unspecified atom stereocenters. The lowest BCUT2D eigenvalue weighted by atomic mass is 9.85. The summed E-state index contributed by atoms with van der Waals surface area (Å²) in [4.78, 5) is 111. The standard InChI is InChI=1S/C37H48N4O10S.C30H40BrN3O9S.C11H10O2.C3H7NO3S/c1-6-23-20-37(23,34(44)40-52(46,47)51-25-14-15-25)39-32(42)29-19-27(49-30-13-9-10-22-18-26(48-5)16-17-28(22)30)21-41(29)33(43)31(36(2,3)4)38-35(45)50-24-11-7-8-12-24;1-6-18-16-30(18,27(37)41-5)33-25(35)23-15-21(43-44(39,40)22-13-11-19(31)12-14-22)17-34(23)26(36)24(29(2,3)4)32-28(38)42-20-9-7-8-10-20;1-13-9-5-6-10-8(7-9)3-2-4-11(10)12;4-8(5,6)7-3-1-2-3/h6,9-10,13,16-18,23-25,27,29,31H,1,7-8,11-12,14-15,19-21H2,2-5H3,(H,38,45)(H,39,42)(H,40,44);6,11-14,18,20-21,23-24H,1,7-10,15-17H2,2-5H3,(H,32,38)(H,33,35);2-7,12H,1H3;3H,1-2H2,(H2,4,5,6)/t23-,27-,29+,31-,37-;18-,21+,23+,24-,30-;;/m11../s1. The van der Waals surface area contributed by atoms with Gasteiger partial charge >= 0.3 is 38.8 Å². The predicted molar refractivity (Wildman–Crippen MR) is 433 cm³/mol. The fraction of sp³-hybridized carbons (Fsp3) is 0.531. The van der Waals surface area contributed by atoms with Crippen LogP contribution in [0.2, 0.25) is 0 Å². The number of alkyl carbamates (subject to hydrolysis) is 2. The third-order valence-corrected chi connectivity index (χ3v) is 24.8. The molecule has 5 aromatic carbocycles. The van der Waals surface area contributed by atoms with Crippen LogP contribution in [0.4, 0.5) is 9.59 Å². The zero-order valence-corrected chi connectivity index (χ0v) is 70.9. The Balaban J connectivity index is 0.000000198. The van der Waals surface area contributed by atoms with Crippen LogP contribution in [0.5, 0.6) is 23.0 Å². The van der Waals surface area contributed by atoms with Crippen LogP contribution >= 0.6 is 15.9 Å². The zero-order chi connectivity index (χ0) is 85.3. The van der Waals surface area contributed by atoms with E-state index in [0.717, 1.165) is 91.5 Å². The van der Waals surface area contributed by atoms with Crippen molar-refractivity contribution in [2.24, 2.45) is 27.8 Å². The molecular weight excluding hydrogens is 1650 g/mol. The normalized spacial score (nSPS) is 23.6. The van der Waals surface area contributed by atoms with Crippen molar-refractivity contribution in [1.29, 1.82) is 0 Å². The Morgan fingerprint density at radius 3 is 1.47 bits per heavy atom. The minimum Gasteiger partial charge on any atom is -0.507 e. The van der Waals surface area contributed by atoms with Gasteiger partial charge in [0.05, 0.1) is 51.1 Å². The van der Waals surface area contributed by atoms with Gasteiger partial charge in [-0.15, -0.1) is 13.2 Å². The average Bonchev–Trinajstić information content (AvgIpc) is 1.57. The first kappa shape index (κ1) is 90.2. The van der Waals surface area contributed by atoms with E-state index in [-0.39, 0.29) is 67.9 Å². The van der Waals surface area contributed by atoms with Gasteiger partial charge in [-0.05, 0) is 184 Å². The molecule has 32 nitrogen and oxygen atoms in total. The third-order valence-electron chi connectivity index (χ3n) is 21.4. The van der Waals surface area contributed by atoms with Crippen LogP contribution in [0.3, 0.4) is 0 Å². The Hall–Kier alpha value is -9.17. The van der Waals surface area contributed by atoms with Crippen molar-refractivity contribution in [1.82, 2.24) is 35.8 Å². The van der Waals surface area contributed by atoms with Crippen molar-refractivity contribution in [3.8, 4) is 23.0 Å². The highest BCUT2D eigenvalue weighted by Gasteiger charge is 2.63. The maximum Gasteiger partial charge on any atom is 0.408 e. The molecule has 5 aromatic rings. The van der Waals surface area contributed by atoms with Crippen molar-refractivity contribution < 1.29 is 110 Å². The van der Waals surface area contributed by atoms with Crippen LogP contribution in [0.1, 0.15) is 144 Å². The number of carbonyl (C=O) groups is 8. The largest absolute Gasteiger partial charge is 0.507 e. The second-order valence-electron chi connectivity index (χ2n) is 32.5. The number of ether oxygens (including phenoxy) is 6. The minimum absolute atomic E-state index is 0.0108. The molecule has 0 radical (unpaired) electrons. The van der Waals surface area contributed by atoms with Gasteiger partial charge in [0.2, 0.25) is 23.6 Å². The molecular formula is C81H105BrN8O24S3. The Morgan fingerprint density at radius 1 is 0.564 bits per heavy atom. The van der Waals surface area contributed by atoms with E-state index >= 15 is 0 Å². The van der Waals surface area contributed by atoms with E-state index in [2.05, 4.69) is 59.7 Å². The molecule has 13 rings (SSSR count). The number of carbonyl (C=O) groups excluding carboxylic acids is 8. The molecule has 36 heteroatoms. The summed E-state index contributed by atoms with van der Waals surface area (Å²) in [6.07, 6.45) is 8.59. The second-order valence-corrected chi connectivity index (χ2v) is 37.5. The summed E-state index contributed by atoms with van der Waals surface area (Å²) in [5.74, 6) is -2.72. The van der Waals surface area contributed by atoms with E-state index in [1.54, 1.807) is 86.1 Å². The van der Waals surface area contributed by atoms with Crippen LogP contribution in [-0.2, 0) is 86.3 Å². The quantitative estimate of drug-likeness (QED) is 0.0117. The molecule has 8 N–H and O–H groups in total. The number of amides is 7. The van der Waals surface area contributed by atoms with Crippen molar-refractivity contribution in [3.05, 3.63) is 127 Å². The molecule has 2 aliphatic heterocycles. The van der Waals surface area contributed by atoms with Gasteiger partial charge in [0.1, 0.15) is 76.6 Å². The summed E-state index contributed by atoms with van der Waals surface area (Å²) in [7, 11) is -7.92. The lowest BCUT2D eigenvalue weighted by molar-refractivity contribution is -0.148.